The molecule has 0 amide bonds. The van der Waals surface area contributed by atoms with E-state index in [-0.39, 0.29) is 0 Å². The minimum Gasteiger partial charge on any atom is -0.0620 e. The van der Waals surface area contributed by atoms with Crippen LogP contribution < -0.4 is 0 Å². The summed E-state index contributed by atoms with van der Waals surface area (Å²) < 4.78 is 0. The van der Waals surface area contributed by atoms with Crippen LogP contribution in [0.2, 0.25) is 0 Å². The zero-order valence-corrected chi connectivity index (χ0v) is 27.2. The van der Waals surface area contributed by atoms with E-state index in [4.69, 9.17) is 0 Å². The van der Waals surface area contributed by atoms with Crippen LogP contribution in [0, 0.1) is 13.8 Å². The third kappa shape index (κ3) is 4.53. The van der Waals surface area contributed by atoms with E-state index in [9.17, 15) is 0 Å². The molecule has 48 heavy (non-hydrogen) atoms. The van der Waals surface area contributed by atoms with E-state index in [0.29, 0.717) is 0 Å². The Morgan fingerprint density at radius 1 is 0.271 bits per heavy atom. The van der Waals surface area contributed by atoms with Gasteiger partial charge in [-0.3, -0.25) is 0 Å². The molecule has 0 bridgehead atoms. The maximum Gasteiger partial charge on any atom is -0.00235 e. The van der Waals surface area contributed by atoms with E-state index < -0.39 is 0 Å². The van der Waals surface area contributed by atoms with Gasteiger partial charge in [0, 0.05) is 0 Å². The molecule has 0 saturated carbocycles. The van der Waals surface area contributed by atoms with Crippen molar-refractivity contribution in [1.82, 2.24) is 0 Å². The van der Waals surface area contributed by atoms with Gasteiger partial charge in [-0.1, -0.05) is 158 Å². The smallest absolute Gasteiger partial charge is 0.00235 e. The number of hydrogen-bond acceptors (Lipinski definition) is 0. The molecule has 0 saturated heterocycles. The Hall–Kier alpha value is -5.98. The van der Waals surface area contributed by atoms with Crippen molar-refractivity contribution in [3.05, 3.63) is 181 Å². The fraction of sp³-hybridized carbons (Fsp3) is 0.0417. The van der Waals surface area contributed by atoms with Gasteiger partial charge in [0.05, 0.1) is 0 Å². The topological polar surface area (TPSA) is 0 Å². The SMILES string of the molecule is Cc1ccccc1-c1c2ccc(-c3cccc4ccccc34)cc2c(-c2ccccc2C)c2ccc(-c3cccc4ccccc34)cc12. The van der Waals surface area contributed by atoms with Gasteiger partial charge in [0.1, 0.15) is 0 Å². The maximum atomic E-state index is 2.44. The molecule has 0 N–H and O–H groups in total. The molecular weight excluding hydrogens is 577 g/mol. The zero-order valence-electron chi connectivity index (χ0n) is 27.2. The zero-order chi connectivity index (χ0) is 32.2. The molecule has 0 aliphatic carbocycles. The molecule has 0 heteroatoms. The fourth-order valence-electron chi connectivity index (χ4n) is 7.80. The summed E-state index contributed by atoms with van der Waals surface area (Å²) >= 11 is 0. The molecule has 0 aliphatic rings. The minimum absolute atomic E-state index is 1.23. The summed E-state index contributed by atoms with van der Waals surface area (Å²) in [6.07, 6.45) is 0. The molecular formula is C48H34. The van der Waals surface area contributed by atoms with Crippen molar-refractivity contribution >= 4 is 43.1 Å². The van der Waals surface area contributed by atoms with Gasteiger partial charge in [0.25, 0.3) is 0 Å². The van der Waals surface area contributed by atoms with Crippen LogP contribution in [0.4, 0.5) is 0 Å². The molecule has 9 rings (SSSR count). The van der Waals surface area contributed by atoms with E-state index >= 15 is 0 Å². The third-order valence-electron chi connectivity index (χ3n) is 10.1. The quantitative estimate of drug-likeness (QED) is 0.174. The van der Waals surface area contributed by atoms with Gasteiger partial charge in [-0.2, -0.15) is 0 Å². The van der Waals surface area contributed by atoms with E-state index in [1.807, 2.05) is 0 Å². The average Bonchev–Trinajstić information content (AvgIpc) is 3.14. The molecule has 0 nitrogen and oxygen atoms in total. The summed E-state index contributed by atoms with van der Waals surface area (Å²) in [5, 5.41) is 10.2. The first-order valence-corrected chi connectivity index (χ1v) is 16.8. The van der Waals surface area contributed by atoms with Crippen LogP contribution in [0.1, 0.15) is 11.1 Å². The van der Waals surface area contributed by atoms with Crippen LogP contribution >= 0.6 is 0 Å². The number of rotatable bonds is 4. The second-order valence-corrected chi connectivity index (χ2v) is 13.0. The first-order chi connectivity index (χ1) is 23.7. The van der Waals surface area contributed by atoms with Crippen molar-refractivity contribution in [3.8, 4) is 44.5 Å². The van der Waals surface area contributed by atoms with Crippen LogP contribution in [-0.2, 0) is 0 Å². The third-order valence-corrected chi connectivity index (χ3v) is 10.1. The molecule has 0 radical (unpaired) electrons. The van der Waals surface area contributed by atoms with Gasteiger partial charge in [0.2, 0.25) is 0 Å². The molecule has 0 heterocycles. The highest BCUT2D eigenvalue weighted by molar-refractivity contribution is 6.23. The van der Waals surface area contributed by atoms with Crippen LogP contribution in [-0.4, -0.2) is 0 Å². The van der Waals surface area contributed by atoms with Crippen molar-refractivity contribution in [1.29, 1.82) is 0 Å². The van der Waals surface area contributed by atoms with Crippen LogP contribution in [0.5, 0.6) is 0 Å². The van der Waals surface area contributed by atoms with Gasteiger partial charge >= 0.3 is 0 Å². The fourth-order valence-corrected chi connectivity index (χ4v) is 7.80. The standard InChI is InChI=1S/C48H34/c1-31-13-3-7-19-37(31)47-43-27-25-36(42-24-12-18-34-16-6-10-22-40(34)42)30-46(43)48(38-20-8-4-14-32(38)2)44-28-26-35(29-45(44)47)41-23-11-17-33-15-5-9-21-39(33)41/h3-30H,1-2H3. The number of benzene rings is 9. The number of aryl methyl sites for hydroxylation is 2. The summed E-state index contributed by atoms with van der Waals surface area (Å²) in [6.45, 7) is 4.47. The van der Waals surface area contributed by atoms with Crippen LogP contribution in [0.25, 0.3) is 87.6 Å². The highest BCUT2D eigenvalue weighted by Crippen LogP contribution is 2.47. The van der Waals surface area contributed by atoms with Crippen LogP contribution in [0.15, 0.2) is 170 Å². The molecule has 0 aromatic heterocycles. The molecule has 0 atom stereocenters. The second kappa shape index (κ2) is 11.4. The van der Waals surface area contributed by atoms with Crippen molar-refractivity contribution in [2.45, 2.75) is 13.8 Å². The van der Waals surface area contributed by atoms with E-state index in [0.717, 1.165) is 0 Å². The molecule has 9 aromatic carbocycles. The second-order valence-electron chi connectivity index (χ2n) is 13.0. The lowest BCUT2D eigenvalue weighted by Crippen LogP contribution is -1.95. The predicted octanol–water partition coefficient (Wildman–Crippen LogP) is 13.6. The average molecular weight is 611 g/mol. The Labute approximate surface area is 281 Å². The van der Waals surface area contributed by atoms with Crippen molar-refractivity contribution < 1.29 is 0 Å². The molecule has 9 aromatic rings. The van der Waals surface area contributed by atoms with Gasteiger partial charge in [-0.25, -0.2) is 0 Å². The maximum absolute atomic E-state index is 2.44. The monoisotopic (exact) mass is 610 g/mol. The van der Waals surface area contributed by atoms with Crippen molar-refractivity contribution in [2.24, 2.45) is 0 Å². The largest absolute Gasteiger partial charge is 0.0620 e. The number of fused-ring (bicyclic) bond motifs is 4. The minimum atomic E-state index is 1.23. The lowest BCUT2D eigenvalue weighted by molar-refractivity contribution is 1.47. The molecule has 0 aliphatic heterocycles. The first kappa shape index (κ1) is 28.3. The number of hydrogen-bond donors (Lipinski definition) is 0. The lowest BCUT2D eigenvalue weighted by Gasteiger charge is -2.21. The van der Waals surface area contributed by atoms with Crippen molar-refractivity contribution in [3.63, 3.8) is 0 Å². The summed E-state index contributed by atoms with van der Waals surface area (Å²) in [4.78, 5) is 0. The van der Waals surface area contributed by atoms with Gasteiger partial charge in [-0.15, -0.1) is 0 Å². The first-order valence-electron chi connectivity index (χ1n) is 16.8. The summed E-state index contributed by atoms with van der Waals surface area (Å²) in [5.74, 6) is 0. The lowest BCUT2D eigenvalue weighted by atomic mass is 9.82. The van der Waals surface area contributed by atoms with E-state index in [1.54, 1.807) is 0 Å². The Bertz CT molecular complexity index is 2490. The summed E-state index contributed by atoms with van der Waals surface area (Å²) in [7, 11) is 0. The normalized spacial score (nSPS) is 11.5. The van der Waals surface area contributed by atoms with E-state index in [1.165, 1.54) is 98.7 Å². The van der Waals surface area contributed by atoms with Gasteiger partial charge < -0.3 is 0 Å². The Kier molecular flexibility index (Phi) is 6.69. The Morgan fingerprint density at radius 2 is 0.646 bits per heavy atom. The predicted molar refractivity (Wildman–Crippen MR) is 208 cm³/mol. The van der Waals surface area contributed by atoms with Crippen LogP contribution in [0.3, 0.4) is 0 Å². The Balaban J connectivity index is 1.44. The molecule has 0 unspecified atom stereocenters. The molecule has 0 fully saturated rings. The van der Waals surface area contributed by atoms with Gasteiger partial charge in [0.15, 0.2) is 0 Å². The summed E-state index contributed by atoms with van der Waals surface area (Å²) in [6, 6.07) is 62.7. The highest BCUT2D eigenvalue weighted by atomic mass is 14.2. The van der Waals surface area contributed by atoms with Crippen molar-refractivity contribution in [2.75, 3.05) is 0 Å². The molecule has 0 spiro atoms. The summed E-state index contributed by atoms with van der Waals surface area (Å²) in [5.41, 5.74) is 12.7. The van der Waals surface area contributed by atoms with Gasteiger partial charge in [-0.05, 0) is 125 Å². The van der Waals surface area contributed by atoms with E-state index in [2.05, 4.69) is 184 Å². The molecule has 226 valence electrons. The highest BCUT2D eigenvalue weighted by Gasteiger charge is 2.20. The Morgan fingerprint density at radius 3 is 1.10 bits per heavy atom.